The highest BCUT2D eigenvalue weighted by molar-refractivity contribution is 5.74. The topological polar surface area (TPSA) is 105 Å². The van der Waals surface area contributed by atoms with E-state index >= 15 is 0 Å². The van der Waals surface area contributed by atoms with E-state index in [1.807, 2.05) is 0 Å². The molecule has 0 unspecified atom stereocenters. The first-order chi connectivity index (χ1) is 8.24. The normalized spacial score (nSPS) is 11.1. The van der Waals surface area contributed by atoms with Crippen molar-refractivity contribution in [2.75, 3.05) is 11.9 Å². The number of nitrogens with one attached hydrogen (secondary N) is 1. The highest BCUT2D eigenvalue weighted by atomic mass is 16.6. The van der Waals surface area contributed by atoms with Crippen molar-refractivity contribution >= 4 is 17.5 Å². The molecule has 1 heterocycles. The maximum absolute atomic E-state index is 10.9. The molecule has 0 saturated heterocycles. The quantitative estimate of drug-likeness (QED) is 0.612. The second kappa shape index (κ2) is 4.99. The summed E-state index contributed by atoms with van der Waals surface area (Å²) in [6.07, 6.45) is 1.49. The van der Waals surface area contributed by atoms with Crippen LogP contribution in [0.3, 0.4) is 0 Å². The summed E-state index contributed by atoms with van der Waals surface area (Å²) in [6, 6.07) is 1.39. The molecule has 0 aliphatic carbocycles. The first-order valence-corrected chi connectivity index (χ1v) is 5.32. The van der Waals surface area contributed by atoms with E-state index in [0.717, 1.165) is 0 Å². The number of nitrogens with zero attached hydrogens (tertiary/aromatic N) is 2. The molecule has 0 aromatic carbocycles. The zero-order valence-electron chi connectivity index (χ0n) is 10.4. The van der Waals surface area contributed by atoms with Crippen LogP contribution in [0.15, 0.2) is 12.3 Å². The van der Waals surface area contributed by atoms with Crippen LogP contribution in [0.25, 0.3) is 0 Å². The summed E-state index contributed by atoms with van der Waals surface area (Å²) in [6.45, 7) is 4.81. The molecule has 0 radical (unpaired) electrons. The minimum Gasteiger partial charge on any atom is -0.481 e. The number of aryl methyl sites for hydroxylation is 1. The molecular weight excluding hydrogens is 238 g/mol. The third kappa shape index (κ3) is 3.16. The monoisotopic (exact) mass is 253 g/mol. The Kier molecular flexibility index (Phi) is 3.85. The summed E-state index contributed by atoms with van der Waals surface area (Å²) in [5, 5.41) is 22.5. The molecule has 0 saturated carbocycles. The van der Waals surface area contributed by atoms with Crippen molar-refractivity contribution in [1.82, 2.24) is 4.98 Å². The lowest BCUT2D eigenvalue weighted by atomic mass is 9.94. The van der Waals surface area contributed by atoms with Crippen LogP contribution in [0, 0.1) is 22.5 Å². The number of carbonyl (C=O) groups is 1. The Labute approximate surface area is 104 Å². The predicted octanol–water partition coefficient (Wildman–Crippen LogP) is 1.82. The van der Waals surface area contributed by atoms with Crippen LogP contribution in [0.5, 0.6) is 0 Å². The molecule has 0 aliphatic heterocycles. The van der Waals surface area contributed by atoms with E-state index in [1.165, 1.54) is 26.1 Å². The molecule has 0 aliphatic rings. The lowest BCUT2D eigenvalue weighted by molar-refractivity contribution is -0.384. The van der Waals surface area contributed by atoms with E-state index in [9.17, 15) is 14.9 Å². The fourth-order valence-corrected chi connectivity index (χ4v) is 1.21. The van der Waals surface area contributed by atoms with E-state index in [4.69, 9.17) is 5.11 Å². The molecule has 7 heteroatoms. The number of hydrogen-bond acceptors (Lipinski definition) is 5. The van der Waals surface area contributed by atoms with Gasteiger partial charge in [-0.3, -0.25) is 14.9 Å². The summed E-state index contributed by atoms with van der Waals surface area (Å²) >= 11 is 0. The SMILES string of the molecule is Cc1cnc(NCC(C)(C)C(=O)O)c([N+](=O)[O-])c1. The zero-order valence-corrected chi connectivity index (χ0v) is 10.4. The first kappa shape index (κ1) is 13.9. The number of rotatable bonds is 5. The van der Waals surface area contributed by atoms with Crippen molar-refractivity contribution in [1.29, 1.82) is 0 Å². The Balaban J connectivity index is 2.92. The molecule has 1 rings (SSSR count). The Morgan fingerprint density at radius 2 is 2.22 bits per heavy atom. The fourth-order valence-electron chi connectivity index (χ4n) is 1.21. The Hall–Kier alpha value is -2.18. The van der Waals surface area contributed by atoms with Crippen LogP contribution >= 0.6 is 0 Å². The third-order valence-electron chi connectivity index (χ3n) is 2.48. The summed E-state index contributed by atoms with van der Waals surface area (Å²) in [7, 11) is 0. The van der Waals surface area contributed by atoms with Gasteiger partial charge in [0.1, 0.15) is 0 Å². The number of pyridine rings is 1. The van der Waals surface area contributed by atoms with E-state index in [1.54, 1.807) is 6.92 Å². The number of carboxylic acid groups (broad SMARTS) is 1. The number of hydrogen-bond donors (Lipinski definition) is 2. The molecule has 1 aromatic rings. The molecule has 0 spiro atoms. The number of anilines is 1. The molecular formula is C11H15N3O4. The highest BCUT2D eigenvalue weighted by Gasteiger charge is 2.28. The predicted molar refractivity (Wildman–Crippen MR) is 65.5 cm³/mol. The van der Waals surface area contributed by atoms with E-state index in [-0.39, 0.29) is 18.1 Å². The van der Waals surface area contributed by atoms with Gasteiger partial charge in [0.15, 0.2) is 0 Å². The van der Waals surface area contributed by atoms with Gasteiger partial charge in [0.05, 0.1) is 10.3 Å². The molecule has 98 valence electrons. The van der Waals surface area contributed by atoms with Gasteiger partial charge in [-0.2, -0.15) is 0 Å². The summed E-state index contributed by atoms with van der Waals surface area (Å²) in [5.41, 5.74) is -0.513. The van der Waals surface area contributed by atoms with Gasteiger partial charge in [0.25, 0.3) is 0 Å². The number of aromatic nitrogens is 1. The largest absolute Gasteiger partial charge is 0.481 e. The van der Waals surface area contributed by atoms with Gasteiger partial charge >= 0.3 is 11.7 Å². The maximum Gasteiger partial charge on any atom is 0.311 e. The molecule has 0 atom stereocenters. The Morgan fingerprint density at radius 1 is 1.61 bits per heavy atom. The minimum atomic E-state index is -1.03. The van der Waals surface area contributed by atoms with E-state index in [0.29, 0.717) is 5.56 Å². The molecule has 2 N–H and O–H groups in total. The van der Waals surface area contributed by atoms with Crippen LogP contribution in [-0.4, -0.2) is 27.5 Å². The van der Waals surface area contributed by atoms with Gasteiger partial charge in [0.2, 0.25) is 5.82 Å². The van der Waals surface area contributed by atoms with E-state index < -0.39 is 16.3 Å². The van der Waals surface area contributed by atoms with Gasteiger partial charge in [-0.15, -0.1) is 0 Å². The van der Waals surface area contributed by atoms with Gasteiger partial charge in [-0.05, 0) is 26.3 Å². The van der Waals surface area contributed by atoms with Crippen molar-refractivity contribution < 1.29 is 14.8 Å². The molecule has 0 amide bonds. The lowest BCUT2D eigenvalue weighted by Crippen LogP contribution is -2.32. The summed E-state index contributed by atoms with van der Waals surface area (Å²) < 4.78 is 0. The van der Waals surface area contributed by atoms with Crippen molar-refractivity contribution in [3.63, 3.8) is 0 Å². The molecule has 1 aromatic heterocycles. The van der Waals surface area contributed by atoms with Gasteiger partial charge in [-0.25, -0.2) is 4.98 Å². The smallest absolute Gasteiger partial charge is 0.311 e. The van der Waals surface area contributed by atoms with Gasteiger partial charge in [0, 0.05) is 18.8 Å². The maximum atomic E-state index is 10.9. The fraction of sp³-hybridized carbons (Fsp3) is 0.455. The molecule has 18 heavy (non-hydrogen) atoms. The second-order valence-electron chi connectivity index (χ2n) is 4.68. The van der Waals surface area contributed by atoms with Crippen LogP contribution in [0.4, 0.5) is 11.5 Å². The number of aliphatic carboxylic acids is 1. The standard InChI is InChI=1S/C11H15N3O4/c1-7-4-8(14(17)18)9(12-5-7)13-6-11(2,3)10(15)16/h4-5H,6H2,1-3H3,(H,12,13)(H,15,16). The van der Waals surface area contributed by atoms with Crippen LogP contribution in [0.1, 0.15) is 19.4 Å². The summed E-state index contributed by atoms with van der Waals surface area (Å²) in [4.78, 5) is 25.1. The second-order valence-corrected chi connectivity index (χ2v) is 4.68. The van der Waals surface area contributed by atoms with Gasteiger partial charge in [-0.1, -0.05) is 0 Å². The van der Waals surface area contributed by atoms with Crippen molar-refractivity contribution in [3.05, 3.63) is 27.9 Å². The minimum absolute atomic E-state index is 0.0548. The van der Waals surface area contributed by atoms with Crippen molar-refractivity contribution in [3.8, 4) is 0 Å². The van der Waals surface area contributed by atoms with E-state index in [2.05, 4.69) is 10.3 Å². The molecule has 0 fully saturated rings. The lowest BCUT2D eigenvalue weighted by Gasteiger charge is -2.19. The third-order valence-corrected chi connectivity index (χ3v) is 2.48. The average molecular weight is 253 g/mol. The van der Waals surface area contributed by atoms with Crippen LogP contribution in [0.2, 0.25) is 0 Å². The van der Waals surface area contributed by atoms with Crippen LogP contribution in [-0.2, 0) is 4.79 Å². The van der Waals surface area contributed by atoms with Gasteiger partial charge < -0.3 is 10.4 Å². The Morgan fingerprint density at radius 3 is 2.72 bits per heavy atom. The van der Waals surface area contributed by atoms with Crippen molar-refractivity contribution in [2.24, 2.45) is 5.41 Å². The zero-order chi connectivity index (χ0) is 13.9. The highest BCUT2D eigenvalue weighted by Crippen LogP contribution is 2.24. The average Bonchev–Trinajstić information content (AvgIpc) is 2.27. The first-order valence-electron chi connectivity index (χ1n) is 5.32. The van der Waals surface area contributed by atoms with Crippen LogP contribution < -0.4 is 5.32 Å². The Bertz CT molecular complexity index is 485. The van der Waals surface area contributed by atoms with Crippen molar-refractivity contribution in [2.45, 2.75) is 20.8 Å². The molecule has 0 bridgehead atoms. The number of carboxylic acids is 1. The number of nitro groups is 1. The molecule has 7 nitrogen and oxygen atoms in total. The summed E-state index contributed by atoms with van der Waals surface area (Å²) in [5.74, 6) is -0.898.